The Labute approximate surface area is 179 Å². The SMILES string of the molecule is C=C(C)/C=C(\N=C/N)Nc1ncc(F)c2nn(-c3c(Cl)cc([N+](=O)[O-])cc3Cl)cc12. The Morgan fingerprint density at radius 1 is 1.43 bits per heavy atom. The third-order valence-electron chi connectivity index (χ3n) is 3.79. The van der Waals surface area contributed by atoms with Gasteiger partial charge in [-0.1, -0.05) is 35.4 Å². The number of fused-ring (bicyclic) bond motifs is 1. The van der Waals surface area contributed by atoms with Gasteiger partial charge in [0.25, 0.3) is 5.69 Å². The van der Waals surface area contributed by atoms with E-state index in [1.54, 1.807) is 13.0 Å². The van der Waals surface area contributed by atoms with Gasteiger partial charge in [0.15, 0.2) is 5.82 Å². The number of nitrogens with zero attached hydrogens (tertiary/aromatic N) is 5. The lowest BCUT2D eigenvalue weighted by Gasteiger charge is -2.07. The van der Waals surface area contributed by atoms with E-state index in [0.717, 1.165) is 24.7 Å². The van der Waals surface area contributed by atoms with Gasteiger partial charge in [-0.15, -0.1) is 0 Å². The summed E-state index contributed by atoms with van der Waals surface area (Å²) in [4.78, 5) is 18.4. The summed E-state index contributed by atoms with van der Waals surface area (Å²) in [6, 6.07) is 2.26. The fourth-order valence-corrected chi connectivity index (χ4v) is 3.26. The molecule has 3 rings (SSSR count). The van der Waals surface area contributed by atoms with Crippen LogP contribution in [-0.2, 0) is 0 Å². The number of aromatic nitrogens is 3. The van der Waals surface area contributed by atoms with Gasteiger partial charge >= 0.3 is 0 Å². The smallest absolute Gasteiger partial charge is 0.272 e. The molecule has 0 radical (unpaired) electrons. The Balaban J connectivity index is 2.16. The highest BCUT2D eigenvalue weighted by Crippen LogP contribution is 2.34. The monoisotopic (exact) mass is 449 g/mol. The van der Waals surface area contributed by atoms with E-state index in [-0.39, 0.29) is 32.8 Å². The number of hydrogen-bond donors (Lipinski definition) is 2. The van der Waals surface area contributed by atoms with E-state index in [2.05, 4.69) is 27.0 Å². The lowest BCUT2D eigenvalue weighted by molar-refractivity contribution is -0.384. The average molecular weight is 450 g/mol. The van der Waals surface area contributed by atoms with E-state index in [9.17, 15) is 14.5 Å². The highest BCUT2D eigenvalue weighted by molar-refractivity contribution is 6.38. The van der Waals surface area contributed by atoms with Gasteiger partial charge in [-0.2, -0.15) is 5.10 Å². The molecule has 2 heterocycles. The molecule has 0 amide bonds. The van der Waals surface area contributed by atoms with Crippen LogP contribution in [0.1, 0.15) is 6.92 Å². The van der Waals surface area contributed by atoms with Crippen molar-refractivity contribution in [1.82, 2.24) is 14.8 Å². The fraction of sp³-hybridized carbons (Fsp3) is 0.0556. The van der Waals surface area contributed by atoms with Crippen molar-refractivity contribution in [2.45, 2.75) is 6.92 Å². The number of allylic oxidation sites excluding steroid dienone is 2. The number of nitro benzene ring substituents is 1. The molecule has 0 fully saturated rings. The fourth-order valence-electron chi connectivity index (χ4n) is 2.61. The molecule has 0 aliphatic rings. The molecule has 0 bridgehead atoms. The molecule has 3 aromatic rings. The van der Waals surface area contributed by atoms with Crippen LogP contribution in [0.15, 0.2) is 53.6 Å². The van der Waals surface area contributed by atoms with Crippen LogP contribution in [0.25, 0.3) is 16.6 Å². The van der Waals surface area contributed by atoms with E-state index in [4.69, 9.17) is 28.9 Å². The van der Waals surface area contributed by atoms with Crippen LogP contribution < -0.4 is 11.1 Å². The first-order valence-electron chi connectivity index (χ1n) is 8.27. The molecular weight excluding hydrogens is 436 g/mol. The molecule has 0 spiro atoms. The van der Waals surface area contributed by atoms with Crippen molar-refractivity contribution < 1.29 is 9.31 Å². The molecule has 0 saturated heterocycles. The van der Waals surface area contributed by atoms with Gasteiger partial charge in [0, 0.05) is 18.3 Å². The third kappa shape index (κ3) is 4.24. The molecule has 0 atom stereocenters. The minimum Gasteiger partial charge on any atom is -0.390 e. The van der Waals surface area contributed by atoms with Crippen molar-refractivity contribution in [3.8, 4) is 5.69 Å². The Kier molecular flexibility index (Phi) is 5.99. The maximum Gasteiger partial charge on any atom is 0.272 e. The van der Waals surface area contributed by atoms with Gasteiger partial charge in [0.05, 0.1) is 32.9 Å². The first-order valence-corrected chi connectivity index (χ1v) is 9.03. The molecule has 0 unspecified atom stereocenters. The summed E-state index contributed by atoms with van der Waals surface area (Å²) in [5.41, 5.74) is 5.91. The van der Waals surface area contributed by atoms with E-state index >= 15 is 0 Å². The molecule has 2 aromatic heterocycles. The van der Waals surface area contributed by atoms with Crippen LogP contribution >= 0.6 is 23.2 Å². The maximum absolute atomic E-state index is 14.4. The zero-order chi connectivity index (χ0) is 22.0. The number of non-ortho nitro benzene ring substituents is 1. The van der Waals surface area contributed by atoms with Crippen molar-refractivity contribution in [1.29, 1.82) is 0 Å². The van der Waals surface area contributed by atoms with Crippen molar-refractivity contribution in [2.75, 3.05) is 5.32 Å². The number of anilines is 1. The van der Waals surface area contributed by atoms with Gasteiger partial charge in [-0.05, 0) is 13.0 Å². The number of pyridine rings is 1. The molecular formula is C18H14Cl2FN7O2. The molecule has 0 aliphatic heterocycles. The lowest BCUT2D eigenvalue weighted by atomic mass is 10.2. The van der Waals surface area contributed by atoms with Gasteiger partial charge in [-0.25, -0.2) is 19.0 Å². The number of aliphatic imine (C=N–C) groups is 1. The van der Waals surface area contributed by atoms with Crippen molar-refractivity contribution in [3.05, 3.63) is 74.6 Å². The third-order valence-corrected chi connectivity index (χ3v) is 4.36. The van der Waals surface area contributed by atoms with Crippen molar-refractivity contribution in [3.63, 3.8) is 0 Å². The number of benzene rings is 1. The second-order valence-corrected chi connectivity index (χ2v) is 6.90. The molecule has 12 heteroatoms. The molecule has 0 saturated carbocycles. The number of halogens is 3. The number of nitrogens with one attached hydrogen (secondary N) is 1. The number of nitrogens with two attached hydrogens (primary N) is 1. The summed E-state index contributed by atoms with van der Waals surface area (Å²) in [7, 11) is 0. The standard InChI is InChI=1S/C18H14Cl2FN7O2/c1-9(2)3-15(24-8-22)25-18-11-7-27(26-16(11)14(21)6-23-18)17-12(19)4-10(28(29)30)5-13(17)20/h3-8H,1H2,2H3,(H2,22,24)(H,23,25)/b15-3+. The predicted molar refractivity (Wildman–Crippen MR) is 115 cm³/mol. The highest BCUT2D eigenvalue weighted by atomic mass is 35.5. The van der Waals surface area contributed by atoms with Gasteiger partial charge in [-0.3, -0.25) is 10.1 Å². The minimum absolute atomic E-state index is 0.0237. The number of rotatable bonds is 6. The summed E-state index contributed by atoms with van der Waals surface area (Å²) >= 11 is 12.4. The zero-order valence-electron chi connectivity index (χ0n) is 15.4. The Morgan fingerprint density at radius 2 is 2.10 bits per heavy atom. The van der Waals surface area contributed by atoms with Gasteiger partial charge in [0.1, 0.15) is 22.8 Å². The molecule has 3 N–H and O–H groups in total. The van der Waals surface area contributed by atoms with E-state index < -0.39 is 10.7 Å². The summed E-state index contributed by atoms with van der Waals surface area (Å²) in [6.45, 7) is 5.53. The number of hydrogen-bond acceptors (Lipinski definition) is 6. The van der Waals surface area contributed by atoms with Gasteiger partial charge in [0.2, 0.25) is 0 Å². The molecule has 1 aromatic carbocycles. The molecule has 0 aliphatic carbocycles. The highest BCUT2D eigenvalue weighted by Gasteiger charge is 2.20. The second-order valence-electron chi connectivity index (χ2n) is 6.08. The second kappa shape index (κ2) is 8.47. The maximum atomic E-state index is 14.4. The quantitative estimate of drug-likeness (QED) is 0.186. The van der Waals surface area contributed by atoms with E-state index in [0.29, 0.717) is 16.8 Å². The van der Waals surface area contributed by atoms with Gasteiger partial charge < -0.3 is 11.1 Å². The molecule has 30 heavy (non-hydrogen) atoms. The first kappa shape index (κ1) is 21.2. The minimum atomic E-state index is -0.684. The van der Waals surface area contributed by atoms with E-state index in [1.807, 2.05) is 0 Å². The topological polar surface area (TPSA) is 124 Å². The summed E-state index contributed by atoms with van der Waals surface area (Å²) in [5.74, 6) is -0.120. The van der Waals surface area contributed by atoms with Crippen LogP contribution in [0.4, 0.5) is 15.9 Å². The summed E-state index contributed by atoms with van der Waals surface area (Å²) in [5, 5.41) is 18.3. The Hall–Kier alpha value is -3.50. The predicted octanol–water partition coefficient (Wildman–Crippen LogP) is 4.59. The summed E-state index contributed by atoms with van der Waals surface area (Å²) in [6.07, 6.45) is 5.14. The zero-order valence-corrected chi connectivity index (χ0v) is 16.9. The summed E-state index contributed by atoms with van der Waals surface area (Å²) < 4.78 is 15.6. The van der Waals surface area contributed by atoms with Crippen LogP contribution in [0.3, 0.4) is 0 Å². The Bertz CT molecular complexity index is 1210. The van der Waals surface area contributed by atoms with Crippen LogP contribution in [0.5, 0.6) is 0 Å². The number of nitro groups is 1. The first-order chi connectivity index (χ1) is 14.2. The normalized spacial score (nSPS) is 11.9. The molecule has 154 valence electrons. The Morgan fingerprint density at radius 3 is 2.67 bits per heavy atom. The van der Waals surface area contributed by atoms with E-state index in [1.165, 1.54) is 10.9 Å². The average Bonchev–Trinajstić information content (AvgIpc) is 3.09. The van der Waals surface area contributed by atoms with Crippen LogP contribution in [0, 0.1) is 15.9 Å². The van der Waals surface area contributed by atoms with Crippen molar-refractivity contribution >= 4 is 51.9 Å². The van der Waals surface area contributed by atoms with Crippen LogP contribution in [0.2, 0.25) is 10.0 Å². The lowest BCUT2D eigenvalue weighted by Crippen LogP contribution is -2.03. The molecule has 9 nitrogen and oxygen atoms in total. The van der Waals surface area contributed by atoms with Crippen molar-refractivity contribution in [2.24, 2.45) is 10.7 Å². The van der Waals surface area contributed by atoms with Crippen LogP contribution in [-0.4, -0.2) is 26.0 Å². The largest absolute Gasteiger partial charge is 0.390 e.